The summed E-state index contributed by atoms with van der Waals surface area (Å²) in [6.45, 7) is 7.64. The van der Waals surface area contributed by atoms with Crippen LogP contribution in [-0.4, -0.2) is 36.6 Å². The molecule has 0 saturated carbocycles. The van der Waals surface area contributed by atoms with Crippen LogP contribution >= 0.6 is 0 Å². The Morgan fingerprint density at radius 1 is 1.12 bits per heavy atom. The quantitative estimate of drug-likeness (QED) is 0.561. The van der Waals surface area contributed by atoms with Crippen molar-refractivity contribution >= 4 is 29.1 Å². The molecule has 1 aliphatic heterocycles. The van der Waals surface area contributed by atoms with Crippen LogP contribution in [0.1, 0.15) is 37.8 Å². The molecule has 2 aromatic carbocycles. The summed E-state index contributed by atoms with van der Waals surface area (Å²) in [4.78, 5) is 45.2. The van der Waals surface area contributed by atoms with Crippen molar-refractivity contribution in [2.45, 2.75) is 32.9 Å². The van der Waals surface area contributed by atoms with E-state index in [1.807, 2.05) is 68.4 Å². The molecule has 0 spiro atoms. The van der Waals surface area contributed by atoms with Crippen LogP contribution in [0.5, 0.6) is 0 Å². The number of rotatable bonds is 9. The molecule has 0 aliphatic carbocycles. The Labute approximate surface area is 200 Å². The Bertz CT molecular complexity index is 1090. The zero-order valence-corrected chi connectivity index (χ0v) is 19.9. The molecule has 7 nitrogen and oxygen atoms in total. The van der Waals surface area contributed by atoms with Crippen LogP contribution in [0.4, 0.5) is 5.69 Å². The minimum Gasteiger partial charge on any atom is -0.369 e. The summed E-state index contributed by atoms with van der Waals surface area (Å²) in [5.41, 5.74) is 8.56. The van der Waals surface area contributed by atoms with Crippen LogP contribution in [-0.2, 0) is 14.4 Å². The molecule has 0 saturated heterocycles. The fraction of sp³-hybridized carbons (Fsp3) is 0.333. The van der Waals surface area contributed by atoms with Crippen molar-refractivity contribution in [3.8, 4) is 0 Å². The molecule has 7 heteroatoms. The van der Waals surface area contributed by atoms with E-state index in [1.54, 1.807) is 13.1 Å². The van der Waals surface area contributed by atoms with E-state index in [9.17, 15) is 14.4 Å². The number of allylic oxidation sites excluding steroid dienone is 1. The Hall–Kier alpha value is -3.74. The predicted molar refractivity (Wildman–Crippen MR) is 134 cm³/mol. The molecule has 0 fully saturated rings. The third kappa shape index (κ3) is 5.42. The van der Waals surface area contributed by atoms with Gasteiger partial charge in [0, 0.05) is 18.2 Å². The molecule has 1 unspecified atom stereocenters. The van der Waals surface area contributed by atoms with Crippen molar-refractivity contribution in [2.75, 3.05) is 11.9 Å². The van der Waals surface area contributed by atoms with E-state index in [2.05, 4.69) is 11.9 Å². The summed E-state index contributed by atoms with van der Waals surface area (Å²) in [5.74, 6) is -2.63. The molecule has 2 aromatic rings. The predicted octanol–water partition coefficient (Wildman–Crippen LogP) is 3.28. The number of nitrogens with two attached hydrogens (primary N) is 1. The van der Waals surface area contributed by atoms with Crippen LogP contribution in [0.15, 0.2) is 72.2 Å². The summed E-state index contributed by atoms with van der Waals surface area (Å²) in [5, 5.41) is 2.81. The number of carbonyl (C=O) groups is 3. The average molecular weight is 461 g/mol. The number of amides is 3. The number of primary amides is 1. The second kappa shape index (κ2) is 10.9. The smallest absolute Gasteiger partial charge is 0.272 e. The minimum absolute atomic E-state index is 0.141. The molecule has 178 valence electrons. The van der Waals surface area contributed by atoms with Gasteiger partial charge in [-0.2, -0.15) is 0 Å². The Morgan fingerprint density at radius 2 is 1.76 bits per heavy atom. The van der Waals surface area contributed by atoms with Crippen LogP contribution in [0.2, 0.25) is 0 Å². The fourth-order valence-corrected chi connectivity index (χ4v) is 4.30. The lowest BCUT2D eigenvalue weighted by Crippen LogP contribution is -2.50. The van der Waals surface area contributed by atoms with Crippen molar-refractivity contribution in [3.63, 3.8) is 0 Å². The van der Waals surface area contributed by atoms with Gasteiger partial charge in [0.25, 0.3) is 5.91 Å². The summed E-state index contributed by atoms with van der Waals surface area (Å²) in [6.07, 6.45) is 1.16. The van der Waals surface area contributed by atoms with Crippen LogP contribution in [0.25, 0.3) is 0 Å². The first-order chi connectivity index (χ1) is 16.2. The van der Waals surface area contributed by atoms with E-state index in [0.717, 1.165) is 11.1 Å². The molecule has 1 aliphatic rings. The Morgan fingerprint density at radius 3 is 2.38 bits per heavy atom. The minimum atomic E-state index is -1.15. The van der Waals surface area contributed by atoms with Gasteiger partial charge in [0.1, 0.15) is 0 Å². The van der Waals surface area contributed by atoms with Gasteiger partial charge in [-0.15, -0.1) is 6.58 Å². The fourth-order valence-electron chi connectivity index (χ4n) is 4.30. The van der Waals surface area contributed by atoms with E-state index in [-0.39, 0.29) is 18.2 Å². The summed E-state index contributed by atoms with van der Waals surface area (Å²) < 4.78 is 0. The van der Waals surface area contributed by atoms with Crippen molar-refractivity contribution in [3.05, 3.63) is 78.4 Å². The first kappa shape index (κ1) is 24.9. The molecule has 3 N–H and O–H groups in total. The van der Waals surface area contributed by atoms with E-state index in [4.69, 9.17) is 10.7 Å². The highest BCUT2D eigenvalue weighted by Gasteiger charge is 2.36. The van der Waals surface area contributed by atoms with E-state index in [1.165, 1.54) is 4.90 Å². The molecule has 3 amide bonds. The Balaban J connectivity index is 2.03. The lowest BCUT2D eigenvalue weighted by Gasteiger charge is -2.27. The highest BCUT2D eigenvalue weighted by Crippen LogP contribution is 2.28. The van der Waals surface area contributed by atoms with Crippen LogP contribution in [0.3, 0.4) is 0 Å². The van der Waals surface area contributed by atoms with Gasteiger partial charge in [0.15, 0.2) is 0 Å². The highest BCUT2D eigenvalue weighted by molar-refractivity contribution is 6.20. The number of carbonyl (C=O) groups excluding carboxylic acids is 3. The number of benzodiazepines with no additional fused rings is 1. The number of nitrogens with zero attached hydrogens (tertiary/aromatic N) is 2. The second-order valence-electron chi connectivity index (χ2n) is 8.94. The molecule has 0 bridgehead atoms. The normalized spacial score (nSPS) is 17.3. The standard InChI is InChI=1S/C27H32N4O3/c1-5-11-19(24(28)32)21(16-17(2)3)26(33)30-25-27(34)31(4)22-15-10-9-14-20(22)23(29-25)18-12-7-6-8-13-18/h5-10,12-15,17,19,21,25H,1,11,16H2,2-4H3,(H2,28,32)(H,30,33)/t19-,21+,25?/m0/s1. The molecule has 3 atom stereocenters. The number of nitrogens with one attached hydrogen (secondary N) is 1. The lowest BCUT2D eigenvalue weighted by molar-refractivity contribution is -0.135. The summed E-state index contributed by atoms with van der Waals surface area (Å²) in [7, 11) is 1.67. The third-order valence-electron chi connectivity index (χ3n) is 6.00. The summed E-state index contributed by atoms with van der Waals surface area (Å²) in [6, 6.07) is 17.0. The first-order valence-corrected chi connectivity index (χ1v) is 11.4. The molecule has 34 heavy (non-hydrogen) atoms. The van der Waals surface area contributed by atoms with Crippen LogP contribution in [0, 0.1) is 17.8 Å². The molecular weight excluding hydrogens is 428 g/mol. The maximum absolute atomic E-state index is 13.5. The lowest BCUT2D eigenvalue weighted by atomic mass is 9.82. The van der Waals surface area contributed by atoms with Crippen molar-refractivity contribution < 1.29 is 14.4 Å². The monoisotopic (exact) mass is 460 g/mol. The van der Waals surface area contributed by atoms with Gasteiger partial charge < -0.3 is 16.0 Å². The zero-order valence-electron chi connectivity index (χ0n) is 19.9. The number of fused-ring (bicyclic) bond motifs is 1. The number of para-hydroxylation sites is 1. The molecule has 0 radical (unpaired) electrons. The SMILES string of the molecule is C=CC[C@H](C(N)=O)[C@@H](CC(C)C)C(=O)NC1N=C(c2ccccc2)c2ccccc2N(C)C1=O. The average Bonchev–Trinajstić information content (AvgIpc) is 2.92. The van der Waals surface area contributed by atoms with E-state index in [0.29, 0.717) is 17.8 Å². The largest absolute Gasteiger partial charge is 0.369 e. The van der Waals surface area contributed by atoms with Gasteiger partial charge >= 0.3 is 0 Å². The number of benzene rings is 2. The van der Waals surface area contributed by atoms with Gasteiger partial charge in [0.05, 0.1) is 23.2 Å². The van der Waals surface area contributed by atoms with Gasteiger partial charge in [-0.1, -0.05) is 68.5 Å². The molecular formula is C27H32N4O3. The van der Waals surface area contributed by atoms with Gasteiger partial charge in [-0.05, 0) is 24.8 Å². The van der Waals surface area contributed by atoms with Crippen LogP contribution < -0.4 is 16.0 Å². The summed E-state index contributed by atoms with van der Waals surface area (Å²) >= 11 is 0. The Kier molecular flexibility index (Phi) is 7.99. The van der Waals surface area contributed by atoms with Gasteiger partial charge in [0.2, 0.25) is 18.0 Å². The van der Waals surface area contributed by atoms with Crippen molar-refractivity contribution in [2.24, 2.45) is 28.5 Å². The molecule has 0 aromatic heterocycles. The van der Waals surface area contributed by atoms with Crippen molar-refractivity contribution in [1.82, 2.24) is 5.32 Å². The van der Waals surface area contributed by atoms with Gasteiger partial charge in [-0.25, -0.2) is 4.99 Å². The number of likely N-dealkylation sites (N-methyl/N-ethyl adjacent to an activating group) is 1. The third-order valence-corrected chi connectivity index (χ3v) is 6.00. The maximum Gasteiger partial charge on any atom is 0.272 e. The number of hydrogen-bond donors (Lipinski definition) is 2. The van der Waals surface area contributed by atoms with Crippen molar-refractivity contribution in [1.29, 1.82) is 0 Å². The van der Waals surface area contributed by atoms with Gasteiger partial charge in [-0.3, -0.25) is 14.4 Å². The highest BCUT2D eigenvalue weighted by atomic mass is 16.2. The number of aliphatic imine (C=N–C) groups is 1. The number of hydrogen-bond acceptors (Lipinski definition) is 4. The number of anilines is 1. The molecule has 1 heterocycles. The topological polar surface area (TPSA) is 105 Å². The second-order valence-corrected chi connectivity index (χ2v) is 8.94. The zero-order chi connectivity index (χ0) is 24.8. The van der Waals surface area contributed by atoms with E-state index >= 15 is 0 Å². The first-order valence-electron chi connectivity index (χ1n) is 11.4. The van der Waals surface area contributed by atoms with E-state index < -0.39 is 29.8 Å². The molecule has 3 rings (SSSR count). The maximum atomic E-state index is 13.5.